The van der Waals surface area contributed by atoms with Gasteiger partial charge in [-0.05, 0) is 13.0 Å². The van der Waals surface area contributed by atoms with Gasteiger partial charge in [-0.2, -0.15) is 0 Å². The molecule has 0 aromatic carbocycles. The first-order chi connectivity index (χ1) is 6.79. The van der Waals surface area contributed by atoms with E-state index >= 15 is 0 Å². The summed E-state index contributed by atoms with van der Waals surface area (Å²) in [6.45, 7) is 4.78. The van der Waals surface area contributed by atoms with Gasteiger partial charge in [-0.1, -0.05) is 18.9 Å². The molecule has 1 unspecified atom stereocenters. The van der Waals surface area contributed by atoms with Gasteiger partial charge >= 0.3 is 6.26 Å². The molecule has 0 saturated heterocycles. The van der Waals surface area contributed by atoms with Gasteiger partial charge in [-0.15, -0.1) is 10.6 Å². The predicted molar refractivity (Wildman–Crippen MR) is 56.2 cm³/mol. The summed E-state index contributed by atoms with van der Waals surface area (Å²) in [5.74, 6) is 0.550. The van der Waals surface area contributed by atoms with Crippen LogP contribution in [0.1, 0.15) is 13.8 Å². The van der Waals surface area contributed by atoms with E-state index in [4.69, 9.17) is 4.74 Å². The second kappa shape index (κ2) is 12.2. The van der Waals surface area contributed by atoms with Gasteiger partial charge in [0.05, 0.1) is 12.4 Å². The van der Waals surface area contributed by atoms with Crippen molar-refractivity contribution >= 4 is 6.21 Å². The molecule has 78 valence electrons. The average Bonchev–Trinajstić information content (AvgIpc) is 2.21. The second-order valence-electron chi connectivity index (χ2n) is 3.05. The minimum atomic E-state index is 0. The topological polar surface area (TPSA) is 21.6 Å². The Bertz CT molecular complexity index is 283. The maximum Gasteiger partial charge on any atom is 0.474 e. The molecular weight excluding hydrogens is 352 g/mol. The Balaban J connectivity index is 0. The van der Waals surface area contributed by atoms with Crippen LogP contribution < -0.4 is 0 Å². The van der Waals surface area contributed by atoms with Gasteiger partial charge in [-0.25, -0.2) is 0 Å². The van der Waals surface area contributed by atoms with Crippen LogP contribution in [-0.2, 0) is 70.2 Å². The SMILES string of the molecule is CC1=C[C+]=NC=[C-]1.CC1C=[C+]OC[CH-]1.[Y].[Y]. The number of hydrogen-bond acceptors (Lipinski definition) is 2. The molecule has 0 saturated carbocycles. The number of hydrogen-bond donors (Lipinski definition) is 0. The molecular formula is C12H13NOY2. The number of allylic oxidation sites excluding steroid dienone is 4. The molecule has 2 heterocycles. The monoisotopic (exact) mass is 365 g/mol. The van der Waals surface area contributed by atoms with Crippen molar-refractivity contribution in [2.75, 3.05) is 6.61 Å². The van der Waals surface area contributed by atoms with Crippen LogP contribution in [0.15, 0.2) is 28.9 Å². The third kappa shape index (κ3) is 9.91. The Morgan fingerprint density at radius 3 is 2.56 bits per heavy atom. The van der Waals surface area contributed by atoms with E-state index in [1.165, 1.54) is 0 Å². The fourth-order valence-corrected chi connectivity index (χ4v) is 0.819. The summed E-state index contributed by atoms with van der Waals surface area (Å²) in [7, 11) is 0. The van der Waals surface area contributed by atoms with Crippen molar-refractivity contribution in [3.8, 4) is 0 Å². The summed E-state index contributed by atoms with van der Waals surface area (Å²) in [4.78, 5) is 3.66. The maximum absolute atomic E-state index is 4.78. The molecule has 0 spiro atoms. The Kier molecular flexibility index (Phi) is 14.5. The van der Waals surface area contributed by atoms with E-state index in [2.05, 4.69) is 36.9 Å². The van der Waals surface area contributed by atoms with Gasteiger partial charge in [0.2, 0.25) is 0 Å². The molecule has 2 rings (SSSR count). The molecule has 0 amide bonds. The number of aliphatic imine (C=N–C) groups is 1. The van der Waals surface area contributed by atoms with Crippen LogP contribution in [0.5, 0.6) is 0 Å². The van der Waals surface area contributed by atoms with Gasteiger partial charge in [0.25, 0.3) is 0 Å². The van der Waals surface area contributed by atoms with E-state index in [0.717, 1.165) is 12.2 Å². The van der Waals surface area contributed by atoms with Crippen molar-refractivity contribution in [2.24, 2.45) is 10.9 Å². The zero-order valence-corrected chi connectivity index (χ0v) is 15.3. The van der Waals surface area contributed by atoms with Crippen molar-refractivity contribution in [3.05, 3.63) is 42.7 Å². The largest absolute Gasteiger partial charge is 0.474 e. The molecule has 4 heteroatoms. The fourth-order valence-electron chi connectivity index (χ4n) is 0.819. The Morgan fingerprint density at radius 2 is 2.31 bits per heavy atom. The third-order valence-electron chi connectivity index (χ3n) is 1.68. The van der Waals surface area contributed by atoms with E-state index in [9.17, 15) is 0 Å². The predicted octanol–water partition coefficient (Wildman–Crippen LogP) is 2.38. The second-order valence-corrected chi connectivity index (χ2v) is 3.05. The van der Waals surface area contributed by atoms with Crippen molar-refractivity contribution in [3.63, 3.8) is 0 Å². The van der Waals surface area contributed by atoms with E-state index in [1.54, 1.807) is 12.3 Å². The molecule has 2 radical (unpaired) electrons. The molecule has 0 N–H and O–H groups in total. The summed E-state index contributed by atoms with van der Waals surface area (Å²) in [6.07, 6.45) is 15.6. The van der Waals surface area contributed by atoms with Gasteiger partial charge < -0.3 is 4.74 Å². The van der Waals surface area contributed by atoms with E-state index in [0.29, 0.717) is 5.92 Å². The molecule has 1 atom stereocenters. The Hall–Kier alpha value is 0.718. The van der Waals surface area contributed by atoms with Gasteiger partial charge in [0.15, 0.2) is 6.08 Å². The summed E-state index contributed by atoms with van der Waals surface area (Å²) >= 11 is 0. The quantitative estimate of drug-likeness (QED) is 0.605. The van der Waals surface area contributed by atoms with Crippen molar-refractivity contribution < 1.29 is 70.2 Å². The Morgan fingerprint density at radius 1 is 1.56 bits per heavy atom. The standard InChI is InChI=1S/C6H5N.C6H8O.2Y/c2*1-6-2-4-7-5-3-6;;/h2,5H,1H3;2-3,6H,4H2,1H3;;. The van der Waals surface area contributed by atoms with Gasteiger partial charge in [-0.3, -0.25) is 6.42 Å². The van der Waals surface area contributed by atoms with Crippen LogP contribution in [0.4, 0.5) is 0 Å². The van der Waals surface area contributed by atoms with Crippen LogP contribution in [0, 0.1) is 24.7 Å². The molecule has 0 aromatic rings. The van der Waals surface area contributed by atoms with Crippen LogP contribution in [0.3, 0.4) is 0 Å². The van der Waals surface area contributed by atoms with Crippen molar-refractivity contribution in [1.82, 2.24) is 0 Å². The zero-order valence-electron chi connectivity index (χ0n) is 9.60. The molecule has 2 aliphatic rings. The Labute approximate surface area is 148 Å². The number of rotatable bonds is 0. The number of nitrogens with zero attached hydrogens (tertiary/aromatic N) is 1. The summed E-state index contributed by atoms with van der Waals surface area (Å²) in [5, 5.41) is 0. The first kappa shape index (κ1) is 19.1. The molecule has 2 nitrogen and oxygen atoms in total. The normalized spacial score (nSPS) is 19.4. The first-order valence-corrected chi connectivity index (χ1v) is 4.53. The molecule has 2 aliphatic heterocycles. The number of ether oxygens (including phenoxy) is 1. The summed E-state index contributed by atoms with van der Waals surface area (Å²) < 4.78 is 4.78. The average molecular weight is 365 g/mol. The minimum absolute atomic E-state index is 0. The maximum atomic E-state index is 4.78. The van der Waals surface area contributed by atoms with Crippen LogP contribution in [0.2, 0.25) is 0 Å². The van der Waals surface area contributed by atoms with Gasteiger partial charge in [0.1, 0.15) is 0 Å². The van der Waals surface area contributed by atoms with E-state index in [1.807, 2.05) is 13.0 Å². The van der Waals surface area contributed by atoms with E-state index < -0.39 is 0 Å². The first-order valence-electron chi connectivity index (χ1n) is 4.53. The molecule has 0 bridgehead atoms. The van der Waals surface area contributed by atoms with Crippen molar-refractivity contribution in [2.45, 2.75) is 13.8 Å². The summed E-state index contributed by atoms with van der Waals surface area (Å²) in [6, 6.07) is 0. The van der Waals surface area contributed by atoms with Crippen molar-refractivity contribution in [1.29, 1.82) is 0 Å². The third-order valence-corrected chi connectivity index (χ3v) is 1.68. The van der Waals surface area contributed by atoms with Gasteiger partial charge in [0, 0.05) is 72.0 Å². The molecule has 0 aliphatic carbocycles. The van der Waals surface area contributed by atoms with Crippen LogP contribution in [0.25, 0.3) is 0 Å². The van der Waals surface area contributed by atoms with E-state index in [-0.39, 0.29) is 65.4 Å². The minimum Gasteiger partial charge on any atom is -0.301 e. The van der Waals surface area contributed by atoms with Crippen LogP contribution in [-0.4, -0.2) is 12.8 Å². The molecule has 0 fully saturated rings. The summed E-state index contributed by atoms with van der Waals surface area (Å²) in [5.41, 5.74) is 1.08. The smallest absolute Gasteiger partial charge is 0.301 e. The molecule has 16 heavy (non-hydrogen) atoms. The molecule has 0 aromatic heterocycles. The fraction of sp³-hybridized carbons (Fsp3) is 0.333. The van der Waals surface area contributed by atoms with Crippen LogP contribution >= 0.6 is 0 Å². The zero-order chi connectivity index (χ0) is 10.2.